The summed E-state index contributed by atoms with van der Waals surface area (Å²) in [5.41, 5.74) is 0. The van der Waals surface area contributed by atoms with Crippen LogP contribution in [-0.2, 0) is 0 Å². The lowest BCUT2D eigenvalue weighted by Gasteiger charge is -2.22. The predicted octanol–water partition coefficient (Wildman–Crippen LogP) is 3.10. The van der Waals surface area contributed by atoms with E-state index in [0.29, 0.717) is 6.54 Å². The quantitative estimate of drug-likeness (QED) is 0.567. The Hall–Kier alpha value is -0.110. The topological polar surface area (TPSA) is 3.24 Å². The van der Waals surface area contributed by atoms with Crippen LogP contribution in [0.5, 0.6) is 0 Å². The minimum absolute atomic E-state index is 0.221. The molecule has 0 saturated heterocycles. The van der Waals surface area contributed by atoms with Crippen LogP contribution in [0.4, 0.5) is 4.39 Å². The van der Waals surface area contributed by atoms with Crippen LogP contribution in [0.25, 0.3) is 0 Å². The van der Waals surface area contributed by atoms with Crippen molar-refractivity contribution in [2.24, 2.45) is 5.92 Å². The van der Waals surface area contributed by atoms with Gasteiger partial charge in [0.2, 0.25) is 0 Å². The van der Waals surface area contributed by atoms with Gasteiger partial charge in [0, 0.05) is 13.1 Å². The average molecular weight is 189 g/mol. The Labute approximate surface area is 82.3 Å². The van der Waals surface area contributed by atoms with E-state index in [1.807, 2.05) is 7.05 Å². The normalized spacial score (nSPS) is 11.5. The number of halogens is 1. The molecule has 0 atom stereocenters. The minimum atomic E-state index is -0.221. The lowest BCUT2D eigenvalue weighted by molar-refractivity contribution is 0.237. The zero-order valence-corrected chi connectivity index (χ0v) is 9.35. The van der Waals surface area contributed by atoms with Crippen LogP contribution in [0.1, 0.15) is 39.5 Å². The third kappa shape index (κ3) is 7.00. The molecule has 0 aliphatic heterocycles. The minimum Gasteiger partial charge on any atom is -0.303 e. The molecule has 1 nitrogen and oxygen atoms in total. The van der Waals surface area contributed by atoms with Crippen molar-refractivity contribution in [1.82, 2.24) is 4.90 Å². The first-order valence-corrected chi connectivity index (χ1v) is 5.49. The van der Waals surface area contributed by atoms with Gasteiger partial charge in [-0.05, 0) is 25.8 Å². The molecule has 0 aliphatic carbocycles. The van der Waals surface area contributed by atoms with E-state index < -0.39 is 0 Å². The van der Waals surface area contributed by atoms with E-state index in [1.54, 1.807) is 0 Å². The SMILES string of the molecule is CCCC(CCC)CN(C)CCF. The highest BCUT2D eigenvalue weighted by Gasteiger charge is 2.09. The van der Waals surface area contributed by atoms with Gasteiger partial charge in [-0.1, -0.05) is 26.7 Å². The Kier molecular flexibility index (Phi) is 8.41. The number of rotatable bonds is 8. The summed E-state index contributed by atoms with van der Waals surface area (Å²) in [6, 6.07) is 0. The van der Waals surface area contributed by atoms with Gasteiger partial charge in [0.1, 0.15) is 6.67 Å². The second kappa shape index (κ2) is 8.49. The smallest absolute Gasteiger partial charge is 0.102 e. The van der Waals surface area contributed by atoms with Crippen LogP contribution >= 0.6 is 0 Å². The van der Waals surface area contributed by atoms with Gasteiger partial charge >= 0.3 is 0 Å². The van der Waals surface area contributed by atoms with Crippen molar-refractivity contribution in [3.63, 3.8) is 0 Å². The molecular formula is C11H24FN. The Morgan fingerprint density at radius 2 is 1.69 bits per heavy atom. The van der Waals surface area contributed by atoms with Gasteiger partial charge in [-0.15, -0.1) is 0 Å². The first-order chi connectivity index (χ1) is 6.24. The van der Waals surface area contributed by atoms with Crippen LogP contribution in [0.2, 0.25) is 0 Å². The van der Waals surface area contributed by atoms with Crippen molar-refractivity contribution in [3.05, 3.63) is 0 Å². The van der Waals surface area contributed by atoms with E-state index in [4.69, 9.17) is 0 Å². The molecule has 0 heterocycles. The molecule has 0 radical (unpaired) electrons. The predicted molar refractivity (Wildman–Crippen MR) is 56.8 cm³/mol. The summed E-state index contributed by atoms with van der Waals surface area (Å²) in [6.07, 6.45) is 5.05. The molecule has 2 heteroatoms. The summed E-state index contributed by atoms with van der Waals surface area (Å²) in [6.45, 7) is 5.87. The number of nitrogens with zero attached hydrogens (tertiary/aromatic N) is 1. The molecule has 13 heavy (non-hydrogen) atoms. The molecular weight excluding hydrogens is 165 g/mol. The lowest BCUT2D eigenvalue weighted by atomic mass is 9.98. The number of alkyl halides is 1. The molecule has 0 rings (SSSR count). The van der Waals surface area contributed by atoms with Gasteiger partial charge in [-0.25, -0.2) is 4.39 Å². The van der Waals surface area contributed by atoms with Crippen molar-refractivity contribution in [2.45, 2.75) is 39.5 Å². The fourth-order valence-corrected chi connectivity index (χ4v) is 1.82. The summed E-state index contributed by atoms with van der Waals surface area (Å²) < 4.78 is 12.0. The summed E-state index contributed by atoms with van der Waals surface area (Å²) >= 11 is 0. The average Bonchev–Trinajstić information content (AvgIpc) is 2.05. The number of hydrogen-bond acceptors (Lipinski definition) is 1. The maximum Gasteiger partial charge on any atom is 0.102 e. The molecule has 0 N–H and O–H groups in total. The fraction of sp³-hybridized carbons (Fsp3) is 1.00. The van der Waals surface area contributed by atoms with Crippen LogP contribution < -0.4 is 0 Å². The van der Waals surface area contributed by atoms with Crippen molar-refractivity contribution < 1.29 is 4.39 Å². The molecule has 0 aromatic carbocycles. The van der Waals surface area contributed by atoms with Gasteiger partial charge < -0.3 is 4.90 Å². The molecule has 0 aromatic heterocycles. The van der Waals surface area contributed by atoms with Crippen LogP contribution in [0, 0.1) is 5.92 Å². The van der Waals surface area contributed by atoms with Gasteiger partial charge in [0.05, 0.1) is 0 Å². The highest BCUT2D eigenvalue weighted by molar-refractivity contribution is 4.63. The lowest BCUT2D eigenvalue weighted by Crippen LogP contribution is -2.27. The van der Waals surface area contributed by atoms with Crippen LogP contribution in [0.15, 0.2) is 0 Å². The zero-order valence-electron chi connectivity index (χ0n) is 9.35. The Bertz CT molecular complexity index is 100. The molecule has 0 spiro atoms. The van der Waals surface area contributed by atoms with E-state index in [2.05, 4.69) is 18.7 Å². The highest BCUT2D eigenvalue weighted by Crippen LogP contribution is 2.14. The highest BCUT2D eigenvalue weighted by atomic mass is 19.1. The Balaban J connectivity index is 3.64. The van der Waals surface area contributed by atoms with Crippen molar-refractivity contribution in [2.75, 3.05) is 26.8 Å². The summed E-state index contributed by atoms with van der Waals surface area (Å²) in [5, 5.41) is 0. The van der Waals surface area contributed by atoms with Crippen molar-refractivity contribution in [3.8, 4) is 0 Å². The van der Waals surface area contributed by atoms with Crippen molar-refractivity contribution in [1.29, 1.82) is 0 Å². The van der Waals surface area contributed by atoms with E-state index in [1.165, 1.54) is 25.7 Å². The summed E-state index contributed by atoms with van der Waals surface area (Å²) in [5.74, 6) is 0.770. The standard InChI is InChI=1S/C11H24FN/c1-4-6-11(7-5-2)10-13(3)9-8-12/h11H,4-10H2,1-3H3. The molecule has 0 aromatic rings. The van der Waals surface area contributed by atoms with E-state index in [9.17, 15) is 4.39 Å². The van der Waals surface area contributed by atoms with E-state index >= 15 is 0 Å². The molecule has 0 unspecified atom stereocenters. The van der Waals surface area contributed by atoms with Crippen LogP contribution in [0.3, 0.4) is 0 Å². The summed E-state index contributed by atoms with van der Waals surface area (Å²) in [4.78, 5) is 2.11. The second-order valence-electron chi connectivity index (χ2n) is 3.89. The monoisotopic (exact) mass is 189 g/mol. The first kappa shape index (κ1) is 12.9. The van der Waals surface area contributed by atoms with Gasteiger partial charge in [0.15, 0.2) is 0 Å². The molecule has 80 valence electrons. The third-order valence-corrected chi connectivity index (χ3v) is 2.43. The zero-order chi connectivity index (χ0) is 10.1. The van der Waals surface area contributed by atoms with Crippen molar-refractivity contribution >= 4 is 0 Å². The maximum atomic E-state index is 12.0. The number of hydrogen-bond donors (Lipinski definition) is 0. The fourth-order valence-electron chi connectivity index (χ4n) is 1.82. The molecule has 0 saturated carbocycles. The van der Waals surface area contributed by atoms with Crippen LogP contribution in [-0.4, -0.2) is 31.7 Å². The second-order valence-corrected chi connectivity index (χ2v) is 3.89. The third-order valence-electron chi connectivity index (χ3n) is 2.43. The Morgan fingerprint density at radius 1 is 1.15 bits per heavy atom. The Morgan fingerprint density at radius 3 is 2.08 bits per heavy atom. The largest absolute Gasteiger partial charge is 0.303 e. The molecule has 0 aliphatic rings. The molecule has 0 bridgehead atoms. The maximum absolute atomic E-state index is 12.0. The molecule has 0 amide bonds. The van der Waals surface area contributed by atoms with E-state index in [0.717, 1.165) is 12.5 Å². The first-order valence-electron chi connectivity index (χ1n) is 5.49. The van der Waals surface area contributed by atoms with Gasteiger partial charge in [0.25, 0.3) is 0 Å². The summed E-state index contributed by atoms with van der Waals surface area (Å²) in [7, 11) is 2.01. The van der Waals surface area contributed by atoms with Gasteiger partial charge in [-0.3, -0.25) is 0 Å². The van der Waals surface area contributed by atoms with E-state index in [-0.39, 0.29) is 6.67 Å². The molecule has 0 fully saturated rings. The van der Waals surface area contributed by atoms with Gasteiger partial charge in [-0.2, -0.15) is 0 Å².